The van der Waals surface area contributed by atoms with Crippen LogP contribution in [0.1, 0.15) is 37.5 Å². The van der Waals surface area contributed by atoms with E-state index in [0.29, 0.717) is 0 Å². The van der Waals surface area contributed by atoms with Crippen molar-refractivity contribution in [1.82, 2.24) is 0 Å². The van der Waals surface area contributed by atoms with Crippen LogP contribution in [0.3, 0.4) is 0 Å². The maximum Gasteiger partial charge on any atom is 0.228 e. The third-order valence-corrected chi connectivity index (χ3v) is 10.00. The number of benzene rings is 4. The number of hydrogen-bond donors (Lipinski definition) is 0. The van der Waals surface area contributed by atoms with Crippen molar-refractivity contribution in [1.29, 1.82) is 0 Å². The van der Waals surface area contributed by atoms with Gasteiger partial charge in [-0.3, -0.25) is 0 Å². The van der Waals surface area contributed by atoms with E-state index in [9.17, 15) is 0 Å². The minimum atomic E-state index is -1.56. The second-order valence-electron chi connectivity index (χ2n) is 13.3. The molecule has 4 aromatic carbocycles. The fourth-order valence-electron chi connectivity index (χ4n) is 6.34. The molecule has 0 N–H and O–H groups in total. The van der Waals surface area contributed by atoms with E-state index in [-0.39, 0.29) is 5.41 Å². The van der Waals surface area contributed by atoms with Gasteiger partial charge >= 0.3 is 0 Å². The van der Waals surface area contributed by atoms with Crippen molar-refractivity contribution in [3.05, 3.63) is 71.4 Å². The fraction of sp³-hybridized carbons (Fsp3) is 0.324. The number of ether oxygens (including phenoxy) is 1. The van der Waals surface area contributed by atoms with Crippen molar-refractivity contribution in [2.24, 2.45) is 12.5 Å². The zero-order chi connectivity index (χ0) is 26.4. The Kier molecular flexibility index (Phi) is 5.17. The van der Waals surface area contributed by atoms with E-state index >= 15 is 0 Å². The lowest BCUT2D eigenvalue weighted by Crippen LogP contribution is -2.38. The summed E-state index contributed by atoms with van der Waals surface area (Å²) in [5.41, 5.74) is 6.58. The molecule has 5 aromatic rings. The van der Waals surface area contributed by atoms with Crippen molar-refractivity contribution in [2.75, 3.05) is 0 Å². The Bertz CT molecular complexity index is 1770. The topological polar surface area (TPSA) is 13.1 Å². The number of fused-ring (bicyclic) bond motifs is 5. The lowest BCUT2D eigenvalue weighted by Gasteiger charge is -2.29. The van der Waals surface area contributed by atoms with Crippen molar-refractivity contribution in [3.8, 4) is 22.8 Å². The maximum atomic E-state index is 7.03. The average molecular weight is 505 g/mol. The zero-order valence-electron chi connectivity index (χ0n) is 23.8. The number of hydrogen-bond acceptors (Lipinski definition) is 1. The molecule has 188 valence electrons. The van der Waals surface area contributed by atoms with Crippen LogP contribution in [0.15, 0.2) is 54.7 Å². The molecule has 2 nitrogen and oxygen atoms in total. The lowest BCUT2D eigenvalue weighted by atomic mass is 9.81. The number of aryl methyl sites for hydroxylation is 3. The van der Waals surface area contributed by atoms with Crippen LogP contribution in [-0.2, 0) is 13.5 Å². The Hall–Kier alpha value is -3.17. The van der Waals surface area contributed by atoms with E-state index < -0.39 is 8.07 Å². The van der Waals surface area contributed by atoms with Crippen LogP contribution in [0.5, 0.6) is 11.5 Å². The molecule has 0 bridgehead atoms. The molecular formula is C34H38NOSi+. The summed E-state index contributed by atoms with van der Waals surface area (Å²) in [4.78, 5) is 0. The molecule has 37 heavy (non-hydrogen) atoms. The maximum absolute atomic E-state index is 7.03. The first kappa shape index (κ1) is 24.2. The van der Waals surface area contributed by atoms with Crippen LogP contribution in [0, 0.1) is 19.3 Å². The minimum absolute atomic E-state index is 0.133. The van der Waals surface area contributed by atoms with Crippen LogP contribution in [0.2, 0.25) is 19.6 Å². The van der Waals surface area contributed by atoms with Gasteiger partial charge in [0.25, 0.3) is 0 Å². The zero-order valence-corrected chi connectivity index (χ0v) is 24.8. The normalized spacial score (nSPS) is 13.3. The first-order valence-electron chi connectivity index (χ1n) is 13.5. The second kappa shape index (κ2) is 7.91. The van der Waals surface area contributed by atoms with Gasteiger partial charge in [0, 0.05) is 17.0 Å². The molecule has 1 aliphatic rings. The van der Waals surface area contributed by atoms with Gasteiger partial charge in [-0.25, -0.2) is 4.57 Å². The van der Waals surface area contributed by atoms with Crippen molar-refractivity contribution in [3.63, 3.8) is 0 Å². The van der Waals surface area contributed by atoms with Gasteiger partial charge in [0.15, 0.2) is 6.20 Å². The van der Waals surface area contributed by atoms with Gasteiger partial charge in [0.2, 0.25) is 5.69 Å². The second-order valence-corrected chi connectivity index (χ2v) is 18.3. The van der Waals surface area contributed by atoms with Crippen molar-refractivity contribution in [2.45, 2.75) is 60.7 Å². The first-order valence-corrected chi connectivity index (χ1v) is 17.0. The molecule has 0 saturated carbocycles. The quantitative estimate of drug-likeness (QED) is 0.131. The molecule has 0 saturated heterocycles. The molecule has 0 spiro atoms. The van der Waals surface area contributed by atoms with E-state index in [1.165, 1.54) is 65.5 Å². The molecule has 0 atom stereocenters. The van der Waals surface area contributed by atoms with Gasteiger partial charge in [-0.1, -0.05) is 87.6 Å². The summed E-state index contributed by atoms with van der Waals surface area (Å²) >= 11 is 0. The number of aromatic nitrogens is 1. The Morgan fingerprint density at radius 2 is 1.62 bits per heavy atom. The number of rotatable bonds is 2. The van der Waals surface area contributed by atoms with Crippen LogP contribution in [-0.4, -0.2) is 8.07 Å². The van der Waals surface area contributed by atoms with Crippen LogP contribution < -0.4 is 14.5 Å². The van der Waals surface area contributed by atoms with Gasteiger partial charge in [-0.2, -0.15) is 0 Å². The molecule has 1 aliphatic heterocycles. The third-order valence-electron chi connectivity index (χ3n) is 7.97. The van der Waals surface area contributed by atoms with E-state index in [2.05, 4.69) is 121 Å². The third kappa shape index (κ3) is 3.70. The monoisotopic (exact) mass is 504 g/mol. The molecule has 1 aromatic heterocycles. The van der Waals surface area contributed by atoms with Crippen molar-refractivity contribution >= 4 is 45.6 Å². The number of nitrogens with zero attached hydrogens (tertiary/aromatic N) is 1. The summed E-state index contributed by atoms with van der Waals surface area (Å²) in [6.07, 6.45) is 3.21. The van der Waals surface area contributed by atoms with E-state index in [1.807, 2.05) is 0 Å². The summed E-state index contributed by atoms with van der Waals surface area (Å²) in [6.45, 7) is 18.8. The molecule has 6 rings (SSSR count). The van der Waals surface area contributed by atoms with Crippen LogP contribution in [0.25, 0.3) is 43.6 Å². The highest BCUT2D eigenvalue weighted by atomic mass is 28.3. The SMILES string of the molecule is Cc1ccc2c(CC(C)(C)C)c3c(c(C)c2c1)-c1c2c(cc4cccc([Si](C)(C)C)c4c2cc[n+]1C)O3. The highest BCUT2D eigenvalue weighted by molar-refractivity contribution is 6.90. The van der Waals surface area contributed by atoms with E-state index in [1.54, 1.807) is 0 Å². The average Bonchev–Trinajstić information content (AvgIpc) is 2.81. The summed E-state index contributed by atoms with van der Waals surface area (Å²) in [5.74, 6) is 2.02. The fourth-order valence-corrected chi connectivity index (χ4v) is 7.97. The Morgan fingerprint density at radius 3 is 2.32 bits per heavy atom. The molecule has 2 heterocycles. The highest BCUT2D eigenvalue weighted by Crippen LogP contribution is 2.52. The predicted octanol–water partition coefficient (Wildman–Crippen LogP) is 8.49. The predicted molar refractivity (Wildman–Crippen MR) is 161 cm³/mol. The summed E-state index contributed by atoms with van der Waals surface area (Å²) < 4.78 is 9.34. The summed E-state index contributed by atoms with van der Waals surface area (Å²) in [7, 11) is 0.622. The number of pyridine rings is 1. The lowest BCUT2D eigenvalue weighted by molar-refractivity contribution is -0.659. The molecule has 0 aliphatic carbocycles. The van der Waals surface area contributed by atoms with Crippen LogP contribution in [0.4, 0.5) is 0 Å². The minimum Gasteiger partial charge on any atom is -0.455 e. The Labute approximate surface area is 221 Å². The Morgan fingerprint density at radius 1 is 0.865 bits per heavy atom. The molecule has 0 amide bonds. The van der Waals surface area contributed by atoms with Gasteiger partial charge in [-0.05, 0) is 58.9 Å². The Balaban J connectivity index is 1.82. The standard InChI is InChI=1S/C34H38NOSi/c1-20-13-14-23-25(17-20)21(2)29-32-31-24(15-16-35(32)6)30-22(11-10-12-28(30)37(7,8)9)18-27(31)36-33(29)26(23)19-34(3,4)5/h10-18H,19H2,1-9H3/q+1. The van der Waals surface area contributed by atoms with Gasteiger partial charge in [0.05, 0.1) is 19.0 Å². The van der Waals surface area contributed by atoms with Gasteiger partial charge < -0.3 is 4.74 Å². The largest absolute Gasteiger partial charge is 0.455 e. The smallest absolute Gasteiger partial charge is 0.228 e. The molecule has 3 heteroatoms. The molecular weight excluding hydrogens is 466 g/mol. The summed E-state index contributed by atoms with van der Waals surface area (Å²) in [5, 5.41) is 9.40. The van der Waals surface area contributed by atoms with Crippen molar-refractivity contribution < 1.29 is 9.30 Å². The van der Waals surface area contributed by atoms with E-state index in [4.69, 9.17) is 4.74 Å². The van der Waals surface area contributed by atoms with Gasteiger partial charge in [-0.15, -0.1) is 0 Å². The summed E-state index contributed by atoms with van der Waals surface area (Å²) in [6, 6.07) is 18.3. The van der Waals surface area contributed by atoms with E-state index in [0.717, 1.165) is 17.9 Å². The first-order chi connectivity index (χ1) is 17.3. The molecule has 0 unspecified atom stereocenters. The van der Waals surface area contributed by atoms with Crippen LogP contribution >= 0.6 is 0 Å². The highest BCUT2D eigenvalue weighted by Gasteiger charge is 2.35. The van der Waals surface area contributed by atoms with Gasteiger partial charge in [0.1, 0.15) is 18.5 Å². The molecule has 0 fully saturated rings. The molecule has 0 radical (unpaired) electrons.